The Bertz CT molecular complexity index is 377. The first-order valence-electron chi connectivity index (χ1n) is 5.45. The smallest absolute Gasteiger partial charge is 0.0570 e. The number of hydrogen-bond donors (Lipinski definition) is 2. The standard InChI is InChI=1S/C12H15Br2NO/c1-7(15-9-5-10(16)6-9)11-3-2-8(13)4-12(11)14/h2-4,7,9-10,15-16H,5-6H2,1H3. The molecule has 0 saturated heterocycles. The number of nitrogens with one attached hydrogen (secondary N) is 1. The summed E-state index contributed by atoms with van der Waals surface area (Å²) in [4.78, 5) is 0. The number of hydrogen-bond acceptors (Lipinski definition) is 2. The van der Waals surface area contributed by atoms with Gasteiger partial charge in [0, 0.05) is 21.0 Å². The Balaban J connectivity index is 2.00. The van der Waals surface area contributed by atoms with E-state index in [0.717, 1.165) is 21.8 Å². The summed E-state index contributed by atoms with van der Waals surface area (Å²) in [5.74, 6) is 0. The van der Waals surface area contributed by atoms with Gasteiger partial charge in [-0.05, 0) is 37.5 Å². The minimum atomic E-state index is -0.0990. The Morgan fingerprint density at radius 1 is 1.38 bits per heavy atom. The molecular formula is C12H15Br2NO. The van der Waals surface area contributed by atoms with Crippen molar-refractivity contribution in [1.82, 2.24) is 5.32 Å². The number of aliphatic hydroxyl groups excluding tert-OH is 1. The highest BCUT2D eigenvalue weighted by Crippen LogP contribution is 2.29. The lowest BCUT2D eigenvalue weighted by Gasteiger charge is -2.34. The highest BCUT2D eigenvalue weighted by atomic mass is 79.9. The largest absolute Gasteiger partial charge is 0.393 e. The van der Waals surface area contributed by atoms with Crippen molar-refractivity contribution in [2.75, 3.05) is 0 Å². The van der Waals surface area contributed by atoms with Crippen LogP contribution in [0.15, 0.2) is 27.1 Å². The molecule has 1 aliphatic rings. The SMILES string of the molecule is CC(NC1CC(O)C1)c1ccc(Br)cc1Br. The third kappa shape index (κ3) is 2.86. The molecule has 1 saturated carbocycles. The topological polar surface area (TPSA) is 32.3 Å². The first kappa shape index (κ1) is 12.6. The summed E-state index contributed by atoms with van der Waals surface area (Å²) in [6, 6.07) is 6.98. The van der Waals surface area contributed by atoms with Gasteiger partial charge in [-0.1, -0.05) is 37.9 Å². The molecule has 16 heavy (non-hydrogen) atoms. The Morgan fingerprint density at radius 3 is 2.62 bits per heavy atom. The van der Waals surface area contributed by atoms with E-state index in [-0.39, 0.29) is 6.10 Å². The second-order valence-electron chi connectivity index (χ2n) is 4.38. The second-order valence-corrected chi connectivity index (χ2v) is 6.15. The lowest BCUT2D eigenvalue weighted by molar-refractivity contribution is 0.0585. The summed E-state index contributed by atoms with van der Waals surface area (Å²) in [6.45, 7) is 2.15. The van der Waals surface area contributed by atoms with Crippen LogP contribution in [0.4, 0.5) is 0 Å². The molecule has 4 heteroatoms. The van der Waals surface area contributed by atoms with Gasteiger partial charge in [0.25, 0.3) is 0 Å². The van der Waals surface area contributed by atoms with E-state index in [1.54, 1.807) is 0 Å². The van der Waals surface area contributed by atoms with Crippen molar-refractivity contribution < 1.29 is 5.11 Å². The normalized spacial score (nSPS) is 26.2. The zero-order valence-corrected chi connectivity index (χ0v) is 12.3. The van der Waals surface area contributed by atoms with Crippen LogP contribution in [0.25, 0.3) is 0 Å². The van der Waals surface area contributed by atoms with Gasteiger partial charge in [0.2, 0.25) is 0 Å². The Labute approximate surface area is 113 Å². The van der Waals surface area contributed by atoms with E-state index in [0.29, 0.717) is 12.1 Å². The van der Waals surface area contributed by atoms with Crippen LogP contribution in [0.1, 0.15) is 31.4 Å². The van der Waals surface area contributed by atoms with Crippen LogP contribution >= 0.6 is 31.9 Å². The third-order valence-corrected chi connectivity index (χ3v) is 4.21. The van der Waals surface area contributed by atoms with Gasteiger partial charge in [-0.2, -0.15) is 0 Å². The Kier molecular flexibility index (Phi) is 4.06. The maximum Gasteiger partial charge on any atom is 0.0570 e. The van der Waals surface area contributed by atoms with Gasteiger partial charge in [0.1, 0.15) is 0 Å². The fourth-order valence-electron chi connectivity index (χ4n) is 2.02. The molecule has 1 atom stereocenters. The average Bonchev–Trinajstić information content (AvgIpc) is 2.15. The van der Waals surface area contributed by atoms with Gasteiger partial charge in [-0.25, -0.2) is 0 Å². The molecule has 1 aromatic rings. The van der Waals surface area contributed by atoms with Crippen LogP contribution < -0.4 is 5.32 Å². The third-order valence-electron chi connectivity index (χ3n) is 3.03. The summed E-state index contributed by atoms with van der Waals surface area (Å²) in [6.07, 6.45) is 1.65. The number of benzene rings is 1. The molecule has 2 N–H and O–H groups in total. The van der Waals surface area contributed by atoms with Crippen molar-refractivity contribution in [2.45, 2.75) is 38.0 Å². The minimum Gasteiger partial charge on any atom is -0.393 e. The van der Waals surface area contributed by atoms with E-state index in [4.69, 9.17) is 0 Å². The van der Waals surface area contributed by atoms with E-state index >= 15 is 0 Å². The zero-order chi connectivity index (χ0) is 11.7. The minimum absolute atomic E-state index is 0.0990. The van der Waals surface area contributed by atoms with E-state index in [9.17, 15) is 5.11 Å². The average molecular weight is 349 g/mol. The predicted octanol–water partition coefficient (Wildman–Crippen LogP) is 3.39. The summed E-state index contributed by atoms with van der Waals surface area (Å²) in [5, 5.41) is 12.8. The van der Waals surface area contributed by atoms with Crippen molar-refractivity contribution >= 4 is 31.9 Å². The lowest BCUT2D eigenvalue weighted by Crippen LogP contribution is -2.45. The van der Waals surface area contributed by atoms with E-state index in [2.05, 4.69) is 56.2 Å². The molecule has 0 amide bonds. The van der Waals surface area contributed by atoms with Crippen LogP contribution in [0, 0.1) is 0 Å². The molecule has 2 nitrogen and oxygen atoms in total. The molecule has 1 unspecified atom stereocenters. The van der Waals surface area contributed by atoms with Crippen molar-refractivity contribution in [3.05, 3.63) is 32.7 Å². The van der Waals surface area contributed by atoms with Gasteiger partial charge in [0.15, 0.2) is 0 Å². The second kappa shape index (κ2) is 5.17. The molecule has 88 valence electrons. The molecule has 0 spiro atoms. The summed E-state index contributed by atoms with van der Waals surface area (Å²) in [7, 11) is 0. The molecule has 0 bridgehead atoms. The van der Waals surface area contributed by atoms with Crippen molar-refractivity contribution in [3.63, 3.8) is 0 Å². The molecule has 2 rings (SSSR count). The van der Waals surface area contributed by atoms with Crippen LogP contribution in [0.5, 0.6) is 0 Å². The molecule has 0 radical (unpaired) electrons. The van der Waals surface area contributed by atoms with E-state index in [1.165, 1.54) is 5.56 Å². The predicted molar refractivity (Wildman–Crippen MR) is 72.4 cm³/mol. The fraction of sp³-hybridized carbons (Fsp3) is 0.500. The molecule has 1 aliphatic carbocycles. The quantitative estimate of drug-likeness (QED) is 0.877. The molecule has 0 aliphatic heterocycles. The van der Waals surface area contributed by atoms with Crippen LogP contribution in [0.3, 0.4) is 0 Å². The molecule has 1 aromatic carbocycles. The molecule has 0 aromatic heterocycles. The first-order chi connectivity index (χ1) is 7.56. The van der Waals surface area contributed by atoms with E-state index < -0.39 is 0 Å². The first-order valence-corrected chi connectivity index (χ1v) is 7.04. The van der Waals surface area contributed by atoms with Gasteiger partial charge >= 0.3 is 0 Å². The number of halogens is 2. The summed E-state index contributed by atoms with van der Waals surface area (Å²) < 4.78 is 2.19. The summed E-state index contributed by atoms with van der Waals surface area (Å²) in [5.41, 5.74) is 1.25. The Hall–Kier alpha value is 0.1000. The van der Waals surface area contributed by atoms with Crippen molar-refractivity contribution in [1.29, 1.82) is 0 Å². The molecular weight excluding hydrogens is 334 g/mol. The van der Waals surface area contributed by atoms with Gasteiger partial charge in [0.05, 0.1) is 6.10 Å². The van der Waals surface area contributed by atoms with Gasteiger partial charge in [-0.3, -0.25) is 0 Å². The van der Waals surface area contributed by atoms with Gasteiger partial charge in [-0.15, -0.1) is 0 Å². The highest BCUT2D eigenvalue weighted by Gasteiger charge is 2.28. The highest BCUT2D eigenvalue weighted by molar-refractivity contribution is 9.11. The number of aliphatic hydroxyl groups is 1. The van der Waals surface area contributed by atoms with E-state index in [1.807, 2.05) is 6.07 Å². The Morgan fingerprint density at radius 2 is 2.06 bits per heavy atom. The fourth-order valence-corrected chi connectivity index (χ4v) is 3.41. The molecule has 1 fully saturated rings. The van der Waals surface area contributed by atoms with Gasteiger partial charge < -0.3 is 10.4 Å². The van der Waals surface area contributed by atoms with Crippen LogP contribution in [-0.4, -0.2) is 17.3 Å². The summed E-state index contributed by atoms with van der Waals surface area (Å²) >= 11 is 7.02. The lowest BCUT2D eigenvalue weighted by atomic mass is 9.88. The van der Waals surface area contributed by atoms with Crippen LogP contribution in [-0.2, 0) is 0 Å². The van der Waals surface area contributed by atoms with Crippen molar-refractivity contribution in [3.8, 4) is 0 Å². The molecule has 0 heterocycles. The monoisotopic (exact) mass is 347 g/mol. The van der Waals surface area contributed by atoms with Crippen LogP contribution in [0.2, 0.25) is 0 Å². The van der Waals surface area contributed by atoms with Crippen molar-refractivity contribution in [2.24, 2.45) is 0 Å². The number of rotatable bonds is 3. The maximum atomic E-state index is 9.24. The zero-order valence-electron chi connectivity index (χ0n) is 9.08. The maximum absolute atomic E-state index is 9.24.